The van der Waals surface area contributed by atoms with Crippen LogP contribution in [-0.4, -0.2) is 18.2 Å². The van der Waals surface area contributed by atoms with Crippen LogP contribution in [-0.2, 0) is 6.42 Å². The van der Waals surface area contributed by atoms with E-state index in [0.717, 1.165) is 28.3 Å². The SMILES string of the molecule is COc1cc2c(cn1)OC(C)C(C)Cc1ccc(Cl)cc1-2. The van der Waals surface area contributed by atoms with Crippen molar-refractivity contribution in [3.05, 3.63) is 41.0 Å². The fourth-order valence-corrected chi connectivity index (χ4v) is 2.82. The van der Waals surface area contributed by atoms with Gasteiger partial charge in [0, 0.05) is 16.7 Å². The van der Waals surface area contributed by atoms with Crippen LogP contribution in [0.2, 0.25) is 5.02 Å². The minimum atomic E-state index is 0.128. The molecule has 1 aromatic heterocycles. The van der Waals surface area contributed by atoms with Crippen molar-refractivity contribution in [3.63, 3.8) is 0 Å². The average Bonchev–Trinajstić information content (AvgIpc) is 2.48. The van der Waals surface area contributed by atoms with Crippen molar-refractivity contribution in [1.82, 2.24) is 4.98 Å². The quantitative estimate of drug-likeness (QED) is 0.784. The Bertz CT molecular complexity index is 672. The summed E-state index contributed by atoms with van der Waals surface area (Å²) in [7, 11) is 1.61. The molecule has 1 aliphatic heterocycles. The van der Waals surface area contributed by atoms with Gasteiger partial charge < -0.3 is 9.47 Å². The van der Waals surface area contributed by atoms with Gasteiger partial charge in [0.25, 0.3) is 0 Å². The Kier molecular flexibility index (Phi) is 3.77. The normalized spacial score (nSPS) is 20.6. The van der Waals surface area contributed by atoms with Gasteiger partial charge in [0.2, 0.25) is 5.88 Å². The number of halogens is 1. The number of fused-ring (bicyclic) bond motifs is 3. The number of aromatic nitrogens is 1. The highest BCUT2D eigenvalue weighted by molar-refractivity contribution is 6.30. The minimum absolute atomic E-state index is 0.128. The second kappa shape index (κ2) is 5.57. The first-order valence-corrected chi connectivity index (χ1v) is 7.45. The molecule has 3 rings (SSSR count). The Morgan fingerprint density at radius 2 is 2.05 bits per heavy atom. The summed E-state index contributed by atoms with van der Waals surface area (Å²) < 4.78 is 11.3. The zero-order valence-electron chi connectivity index (χ0n) is 12.4. The van der Waals surface area contributed by atoms with E-state index in [1.807, 2.05) is 18.2 Å². The second-order valence-electron chi connectivity index (χ2n) is 5.53. The summed E-state index contributed by atoms with van der Waals surface area (Å²) >= 11 is 6.19. The van der Waals surface area contributed by atoms with Crippen LogP contribution in [0.15, 0.2) is 30.5 Å². The summed E-state index contributed by atoms with van der Waals surface area (Å²) in [6, 6.07) is 7.94. The average molecular weight is 304 g/mol. The molecule has 0 spiro atoms. The number of rotatable bonds is 1. The first kappa shape index (κ1) is 14.2. The van der Waals surface area contributed by atoms with Crippen molar-refractivity contribution in [3.8, 4) is 22.8 Å². The lowest BCUT2D eigenvalue weighted by Gasteiger charge is -2.27. The van der Waals surface area contributed by atoms with Gasteiger partial charge in [-0.15, -0.1) is 0 Å². The summed E-state index contributed by atoms with van der Waals surface area (Å²) in [5.74, 6) is 1.77. The van der Waals surface area contributed by atoms with Crippen molar-refractivity contribution in [1.29, 1.82) is 0 Å². The summed E-state index contributed by atoms with van der Waals surface area (Å²) in [6.07, 6.45) is 2.81. The summed E-state index contributed by atoms with van der Waals surface area (Å²) in [5.41, 5.74) is 3.35. The Hall–Kier alpha value is -1.74. The van der Waals surface area contributed by atoms with Crippen LogP contribution in [0.4, 0.5) is 0 Å². The Balaban J connectivity index is 2.23. The summed E-state index contributed by atoms with van der Waals surface area (Å²) in [4.78, 5) is 4.26. The van der Waals surface area contributed by atoms with E-state index in [-0.39, 0.29) is 6.10 Å². The number of ether oxygens (including phenoxy) is 2. The van der Waals surface area contributed by atoms with E-state index >= 15 is 0 Å². The molecule has 110 valence electrons. The van der Waals surface area contributed by atoms with Gasteiger partial charge in [0.1, 0.15) is 5.75 Å². The number of nitrogens with zero attached hydrogens (tertiary/aromatic N) is 1. The van der Waals surface area contributed by atoms with Crippen molar-refractivity contribution in [2.24, 2.45) is 5.92 Å². The van der Waals surface area contributed by atoms with Crippen LogP contribution in [0, 0.1) is 5.92 Å². The molecule has 0 saturated heterocycles. The lowest BCUT2D eigenvalue weighted by Crippen LogP contribution is -2.25. The predicted molar refractivity (Wildman–Crippen MR) is 84.2 cm³/mol. The van der Waals surface area contributed by atoms with Crippen LogP contribution in [0.1, 0.15) is 19.4 Å². The van der Waals surface area contributed by atoms with Gasteiger partial charge in [-0.3, -0.25) is 0 Å². The molecule has 1 aliphatic rings. The predicted octanol–water partition coefficient (Wildman–Crippen LogP) is 4.37. The van der Waals surface area contributed by atoms with E-state index in [9.17, 15) is 0 Å². The monoisotopic (exact) mass is 303 g/mol. The Labute approximate surface area is 129 Å². The van der Waals surface area contributed by atoms with Crippen LogP contribution in [0.25, 0.3) is 11.1 Å². The third kappa shape index (κ3) is 2.70. The smallest absolute Gasteiger partial charge is 0.213 e. The van der Waals surface area contributed by atoms with Gasteiger partial charge in [0.05, 0.1) is 19.4 Å². The standard InChI is InChI=1S/C17H18ClNO2/c1-10-6-12-4-5-13(18)7-14(12)15-8-17(20-3)19-9-16(15)21-11(10)2/h4-5,7-11H,6H2,1-3H3. The van der Waals surface area contributed by atoms with Crippen LogP contribution >= 0.6 is 11.6 Å². The number of hydrogen-bond donors (Lipinski definition) is 0. The zero-order chi connectivity index (χ0) is 15.0. The molecule has 2 unspecified atom stereocenters. The molecular weight excluding hydrogens is 286 g/mol. The Morgan fingerprint density at radius 3 is 2.81 bits per heavy atom. The maximum absolute atomic E-state index is 6.19. The minimum Gasteiger partial charge on any atom is -0.488 e. The molecule has 21 heavy (non-hydrogen) atoms. The molecule has 3 nitrogen and oxygen atoms in total. The molecule has 0 saturated carbocycles. The molecule has 0 radical (unpaired) electrons. The maximum atomic E-state index is 6.19. The fourth-order valence-electron chi connectivity index (χ4n) is 2.65. The van der Waals surface area contributed by atoms with Gasteiger partial charge in [0.15, 0.2) is 0 Å². The molecule has 2 heterocycles. The van der Waals surface area contributed by atoms with E-state index in [2.05, 4.69) is 24.9 Å². The molecule has 0 aliphatic carbocycles. The van der Waals surface area contributed by atoms with Gasteiger partial charge >= 0.3 is 0 Å². The molecule has 0 amide bonds. The molecular formula is C17H18ClNO2. The topological polar surface area (TPSA) is 31.4 Å². The fraction of sp³-hybridized carbons (Fsp3) is 0.353. The lowest BCUT2D eigenvalue weighted by molar-refractivity contribution is 0.159. The molecule has 1 aromatic carbocycles. The number of methoxy groups -OCH3 is 1. The molecule has 4 heteroatoms. The van der Waals surface area contributed by atoms with Gasteiger partial charge in [-0.25, -0.2) is 4.98 Å². The number of hydrogen-bond acceptors (Lipinski definition) is 3. The van der Waals surface area contributed by atoms with E-state index in [4.69, 9.17) is 21.1 Å². The molecule has 0 N–H and O–H groups in total. The third-order valence-electron chi connectivity index (χ3n) is 4.07. The van der Waals surface area contributed by atoms with Crippen molar-refractivity contribution < 1.29 is 9.47 Å². The first-order chi connectivity index (χ1) is 10.1. The van der Waals surface area contributed by atoms with Crippen LogP contribution < -0.4 is 9.47 Å². The number of benzene rings is 1. The lowest BCUT2D eigenvalue weighted by atomic mass is 9.89. The largest absolute Gasteiger partial charge is 0.488 e. The molecule has 2 aromatic rings. The highest BCUT2D eigenvalue weighted by Gasteiger charge is 2.23. The van der Waals surface area contributed by atoms with Gasteiger partial charge in [-0.05, 0) is 42.5 Å². The van der Waals surface area contributed by atoms with E-state index in [0.29, 0.717) is 11.8 Å². The van der Waals surface area contributed by atoms with Crippen molar-refractivity contribution in [2.75, 3.05) is 7.11 Å². The van der Waals surface area contributed by atoms with Crippen molar-refractivity contribution >= 4 is 11.6 Å². The Morgan fingerprint density at radius 1 is 1.24 bits per heavy atom. The number of pyridine rings is 1. The molecule has 2 atom stereocenters. The summed E-state index contributed by atoms with van der Waals surface area (Å²) in [6.45, 7) is 4.30. The van der Waals surface area contributed by atoms with E-state index in [1.54, 1.807) is 13.3 Å². The first-order valence-electron chi connectivity index (χ1n) is 7.08. The van der Waals surface area contributed by atoms with Crippen LogP contribution in [0.5, 0.6) is 11.6 Å². The second-order valence-corrected chi connectivity index (χ2v) is 5.97. The molecule has 0 fully saturated rings. The highest BCUT2D eigenvalue weighted by atomic mass is 35.5. The highest BCUT2D eigenvalue weighted by Crippen LogP contribution is 2.39. The van der Waals surface area contributed by atoms with E-state index < -0.39 is 0 Å². The van der Waals surface area contributed by atoms with Crippen molar-refractivity contribution in [2.45, 2.75) is 26.4 Å². The zero-order valence-corrected chi connectivity index (χ0v) is 13.1. The third-order valence-corrected chi connectivity index (χ3v) is 4.30. The summed E-state index contributed by atoms with van der Waals surface area (Å²) in [5, 5.41) is 0.719. The van der Waals surface area contributed by atoms with Gasteiger partial charge in [-0.1, -0.05) is 24.6 Å². The van der Waals surface area contributed by atoms with E-state index in [1.165, 1.54) is 5.56 Å². The molecule has 0 bridgehead atoms. The van der Waals surface area contributed by atoms with Gasteiger partial charge in [-0.2, -0.15) is 0 Å². The van der Waals surface area contributed by atoms with Crippen LogP contribution in [0.3, 0.4) is 0 Å². The maximum Gasteiger partial charge on any atom is 0.213 e.